The highest BCUT2D eigenvalue weighted by Gasteiger charge is 2.30. The van der Waals surface area contributed by atoms with Crippen molar-refractivity contribution in [2.24, 2.45) is 0 Å². The number of carbonyl (C=O) groups is 2. The van der Waals surface area contributed by atoms with Gasteiger partial charge in [0.2, 0.25) is 5.91 Å². The van der Waals surface area contributed by atoms with Gasteiger partial charge in [-0.3, -0.25) is 9.59 Å². The summed E-state index contributed by atoms with van der Waals surface area (Å²) in [5.74, 6) is -0.469. The molecule has 0 saturated heterocycles. The normalized spacial score (nSPS) is 12.1. The smallest absolute Gasteiger partial charge is 0.388 e. The number of halogens is 3. The molecule has 0 spiro atoms. The molecule has 9 heteroatoms. The molecule has 2 amide bonds. The second-order valence-corrected chi connectivity index (χ2v) is 8.13. The van der Waals surface area contributed by atoms with Crippen molar-refractivity contribution in [2.45, 2.75) is 12.3 Å². The van der Waals surface area contributed by atoms with Crippen LogP contribution < -0.4 is 10.6 Å². The van der Waals surface area contributed by atoms with Crippen molar-refractivity contribution in [2.75, 3.05) is 22.1 Å². The zero-order chi connectivity index (χ0) is 23.8. The van der Waals surface area contributed by atoms with Crippen LogP contribution in [0.5, 0.6) is 0 Å². The van der Waals surface area contributed by atoms with E-state index in [4.69, 9.17) is 0 Å². The summed E-state index contributed by atoms with van der Waals surface area (Å²) in [7, 11) is 0. The molecule has 1 atom stereocenters. The Bertz CT molecular complexity index is 1110. The molecule has 3 aromatic rings. The van der Waals surface area contributed by atoms with Crippen LogP contribution in [0.3, 0.4) is 0 Å². The third-order valence-electron chi connectivity index (χ3n) is 4.55. The van der Waals surface area contributed by atoms with E-state index in [0.717, 1.165) is 17.7 Å². The lowest BCUT2D eigenvalue weighted by molar-refractivity contribution is -0.137. The molecule has 5 nitrogen and oxygen atoms in total. The summed E-state index contributed by atoms with van der Waals surface area (Å²) in [6, 6.07) is 19.5. The van der Waals surface area contributed by atoms with E-state index < -0.39 is 23.8 Å². The van der Waals surface area contributed by atoms with Gasteiger partial charge in [-0.15, -0.1) is 11.8 Å². The van der Waals surface area contributed by atoms with Crippen molar-refractivity contribution in [3.63, 3.8) is 0 Å². The van der Waals surface area contributed by atoms with E-state index in [1.807, 2.05) is 18.2 Å². The zero-order valence-electron chi connectivity index (χ0n) is 17.3. The van der Waals surface area contributed by atoms with Crippen LogP contribution in [-0.4, -0.2) is 28.4 Å². The van der Waals surface area contributed by atoms with E-state index in [1.54, 1.807) is 24.3 Å². The number of carbonyl (C=O) groups excluding carboxylic acids is 2. The molecule has 0 saturated carbocycles. The number of anilines is 2. The molecular formula is C24H21F3N2O3S. The van der Waals surface area contributed by atoms with Crippen molar-refractivity contribution in [1.29, 1.82) is 0 Å². The molecule has 0 aliphatic carbocycles. The molecule has 0 aliphatic heterocycles. The van der Waals surface area contributed by atoms with Gasteiger partial charge in [-0.05, 0) is 42.0 Å². The fourth-order valence-corrected chi connectivity index (χ4v) is 3.74. The Morgan fingerprint density at radius 1 is 0.879 bits per heavy atom. The summed E-state index contributed by atoms with van der Waals surface area (Å²) in [6.07, 6.45) is -5.20. The molecule has 3 rings (SSSR count). The molecule has 3 N–H and O–H groups in total. The third-order valence-corrected chi connectivity index (χ3v) is 5.57. The van der Waals surface area contributed by atoms with Gasteiger partial charge in [0.25, 0.3) is 5.91 Å². The van der Waals surface area contributed by atoms with Crippen LogP contribution in [0.15, 0.2) is 78.9 Å². The van der Waals surface area contributed by atoms with E-state index in [2.05, 4.69) is 10.6 Å². The van der Waals surface area contributed by atoms with Crippen molar-refractivity contribution in [1.82, 2.24) is 0 Å². The number of aliphatic hydroxyl groups excluding tert-OH is 1. The van der Waals surface area contributed by atoms with Gasteiger partial charge in [0.1, 0.15) is 0 Å². The molecule has 33 heavy (non-hydrogen) atoms. The Hall–Kier alpha value is -3.30. The summed E-state index contributed by atoms with van der Waals surface area (Å²) in [5, 5.41) is 15.2. The van der Waals surface area contributed by atoms with E-state index in [-0.39, 0.29) is 22.9 Å². The second-order valence-electron chi connectivity index (χ2n) is 7.10. The Labute approximate surface area is 193 Å². The molecule has 0 heterocycles. The first kappa shape index (κ1) is 24.3. The number of rotatable bonds is 8. The molecule has 3 aromatic carbocycles. The molecular weight excluding hydrogens is 453 g/mol. The molecule has 0 radical (unpaired) electrons. The fourth-order valence-electron chi connectivity index (χ4n) is 2.95. The number of thioether (sulfide) groups is 1. The van der Waals surface area contributed by atoms with Gasteiger partial charge in [-0.1, -0.05) is 42.5 Å². The van der Waals surface area contributed by atoms with Crippen LogP contribution in [0.4, 0.5) is 24.5 Å². The minimum absolute atomic E-state index is 0.0117. The largest absolute Gasteiger partial charge is 0.416 e. The number of hydrogen-bond donors (Lipinski definition) is 3. The fraction of sp³-hybridized carbons (Fsp3) is 0.167. The summed E-state index contributed by atoms with van der Waals surface area (Å²) >= 11 is 1.27. The van der Waals surface area contributed by atoms with E-state index in [9.17, 15) is 27.9 Å². The highest BCUT2D eigenvalue weighted by molar-refractivity contribution is 8.00. The quantitative estimate of drug-likeness (QED) is 0.411. The number of hydrogen-bond acceptors (Lipinski definition) is 4. The number of benzene rings is 3. The zero-order valence-corrected chi connectivity index (χ0v) is 18.1. The first-order valence-electron chi connectivity index (χ1n) is 9.91. The summed E-state index contributed by atoms with van der Waals surface area (Å²) < 4.78 is 38.6. The minimum Gasteiger partial charge on any atom is -0.388 e. The second kappa shape index (κ2) is 11.0. The van der Waals surface area contributed by atoms with Crippen molar-refractivity contribution in [3.8, 4) is 0 Å². The molecule has 0 aromatic heterocycles. The van der Waals surface area contributed by atoms with Gasteiger partial charge < -0.3 is 15.7 Å². The van der Waals surface area contributed by atoms with Crippen LogP contribution in [0.25, 0.3) is 0 Å². The Kier molecular flexibility index (Phi) is 8.13. The average Bonchev–Trinajstić information content (AvgIpc) is 2.79. The lowest BCUT2D eigenvalue weighted by Crippen LogP contribution is -2.17. The first-order chi connectivity index (χ1) is 15.7. The SMILES string of the molecule is O=C(CSCC(O)c1ccccc1)Nc1cccc(C(=O)Nc2cccc(C(F)(F)F)c2)c1. The Morgan fingerprint density at radius 2 is 1.55 bits per heavy atom. The lowest BCUT2D eigenvalue weighted by Gasteiger charge is -2.12. The van der Waals surface area contributed by atoms with Gasteiger partial charge in [-0.25, -0.2) is 0 Å². The van der Waals surface area contributed by atoms with Crippen LogP contribution in [-0.2, 0) is 11.0 Å². The monoisotopic (exact) mass is 474 g/mol. The van der Waals surface area contributed by atoms with Crippen LogP contribution in [0.2, 0.25) is 0 Å². The van der Waals surface area contributed by atoms with Gasteiger partial charge in [0.05, 0.1) is 17.4 Å². The average molecular weight is 475 g/mol. The third kappa shape index (κ3) is 7.37. The molecule has 0 aliphatic rings. The molecule has 0 fully saturated rings. The van der Waals surface area contributed by atoms with Crippen molar-refractivity contribution < 1.29 is 27.9 Å². The maximum absolute atomic E-state index is 12.9. The van der Waals surface area contributed by atoms with E-state index >= 15 is 0 Å². The molecule has 172 valence electrons. The van der Waals surface area contributed by atoms with Gasteiger partial charge in [-0.2, -0.15) is 13.2 Å². The lowest BCUT2D eigenvalue weighted by atomic mass is 10.1. The Balaban J connectivity index is 1.53. The van der Waals surface area contributed by atoms with Crippen molar-refractivity contribution >= 4 is 35.0 Å². The van der Waals surface area contributed by atoms with Gasteiger partial charge in [0, 0.05) is 22.7 Å². The number of nitrogens with one attached hydrogen (secondary N) is 2. The van der Waals surface area contributed by atoms with Crippen LogP contribution >= 0.6 is 11.8 Å². The van der Waals surface area contributed by atoms with E-state index in [1.165, 1.54) is 36.0 Å². The Morgan fingerprint density at radius 3 is 2.24 bits per heavy atom. The minimum atomic E-state index is -4.51. The van der Waals surface area contributed by atoms with Gasteiger partial charge in [0.15, 0.2) is 0 Å². The molecule has 1 unspecified atom stereocenters. The van der Waals surface area contributed by atoms with Gasteiger partial charge >= 0.3 is 6.18 Å². The summed E-state index contributed by atoms with van der Waals surface area (Å²) in [4.78, 5) is 24.7. The van der Waals surface area contributed by atoms with Crippen LogP contribution in [0.1, 0.15) is 27.6 Å². The maximum Gasteiger partial charge on any atom is 0.416 e. The summed E-state index contributed by atoms with van der Waals surface area (Å²) in [5.41, 5.74) is 0.469. The highest BCUT2D eigenvalue weighted by Crippen LogP contribution is 2.30. The first-order valence-corrected chi connectivity index (χ1v) is 11.1. The predicted octanol–water partition coefficient (Wildman–Crippen LogP) is 5.36. The number of amides is 2. The number of aliphatic hydroxyl groups is 1. The summed E-state index contributed by atoms with van der Waals surface area (Å²) in [6.45, 7) is 0. The maximum atomic E-state index is 12.9. The highest BCUT2D eigenvalue weighted by atomic mass is 32.2. The predicted molar refractivity (Wildman–Crippen MR) is 123 cm³/mol. The molecule has 0 bridgehead atoms. The standard InChI is InChI=1S/C24H21F3N2O3S/c25-24(26,27)18-9-5-11-20(13-18)29-23(32)17-8-4-10-19(12-17)28-22(31)15-33-14-21(30)16-6-2-1-3-7-16/h1-13,21,30H,14-15H2,(H,28,31)(H,29,32). The van der Waals surface area contributed by atoms with Crippen LogP contribution in [0, 0.1) is 0 Å². The number of alkyl halides is 3. The van der Waals surface area contributed by atoms with E-state index in [0.29, 0.717) is 11.4 Å². The van der Waals surface area contributed by atoms with Crippen molar-refractivity contribution in [3.05, 3.63) is 95.6 Å². The topological polar surface area (TPSA) is 78.4 Å².